The first-order chi connectivity index (χ1) is 7.83. The molecule has 0 aromatic heterocycles. The zero-order valence-corrected chi connectivity index (χ0v) is 10.1. The number of aliphatic hydroxyl groups excluding tert-OH is 1. The highest BCUT2D eigenvalue weighted by Crippen LogP contribution is 2.05. The van der Waals surface area contributed by atoms with Gasteiger partial charge in [-0.1, -0.05) is 43.7 Å². The Labute approximate surface area is 98.3 Å². The fourth-order valence-electron chi connectivity index (χ4n) is 1.53. The number of ether oxygens (including phenoxy) is 1. The fourth-order valence-corrected chi connectivity index (χ4v) is 1.53. The standard InChI is InChI=1S/C14H22O2/c1-2-3-11-16-12-14(15)10-9-13-7-5-4-6-8-13/h4-8,14-15H,2-3,9-12H2,1H3. The highest BCUT2D eigenvalue weighted by Gasteiger charge is 2.04. The highest BCUT2D eigenvalue weighted by atomic mass is 16.5. The third-order valence-electron chi connectivity index (χ3n) is 2.56. The molecule has 16 heavy (non-hydrogen) atoms. The topological polar surface area (TPSA) is 29.5 Å². The van der Waals surface area contributed by atoms with Crippen molar-refractivity contribution in [2.24, 2.45) is 0 Å². The van der Waals surface area contributed by atoms with E-state index in [4.69, 9.17) is 4.74 Å². The molecule has 1 aromatic rings. The normalized spacial score (nSPS) is 12.6. The molecule has 1 aromatic carbocycles. The number of unbranched alkanes of at least 4 members (excludes halogenated alkanes) is 1. The van der Waals surface area contributed by atoms with Gasteiger partial charge in [-0.25, -0.2) is 0 Å². The second-order valence-electron chi connectivity index (χ2n) is 4.11. The summed E-state index contributed by atoms with van der Waals surface area (Å²) in [4.78, 5) is 0. The smallest absolute Gasteiger partial charge is 0.0776 e. The number of hydrogen-bond acceptors (Lipinski definition) is 2. The Bertz CT molecular complexity index is 259. The van der Waals surface area contributed by atoms with Gasteiger partial charge < -0.3 is 9.84 Å². The van der Waals surface area contributed by atoms with Crippen LogP contribution in [-0.4, -0.2) is 24.4 Å². The van der Waals surface area contributed by atoms with E-state index in [-0.39, 0.29) is 6.10 Å². The van der Waals surface area contributed by atoms with Gasteiger partial charge in [-0.05, 0) is 24.8 Å². The minimum absolute atomic E-state index is 0.336. The molecule has 90 valence electrons. The van der Waals surface area contributed by atoms with Crippen molar-refractivity contribution < 1.29 is 9.84 Å². The SMILES string of the molecule is CCCCOCC(O)CCc1ccccc1. The van der Waals surface area contributed by atoms with Gasteiger partial charge >= 0.3 is 0 Å². The van der Waals surface area contributed by atoms with Gasteiger partial charge in [-0.15, -0.1) is 0 Å². The minimum atomic E-state index is -0.336. The Kier molecular flexibility index (Phi) is 6.86. The minimum Gasteiger partial charge on any atom is -0.391 e. The molecule has 1 N–H and O–H groups in total. The van der Waals surface area contributed by atoms with E-state index in [1.807, 2.05) is 18.2 Å². The van der Waals surface area contributed by atoms with Gasteiger partial charge in [0, 0.05) is 6.61 Å². The summed E-state index contributed by atoms with van der Waals surface area (Å²) in [6.45, 7) is 3.36. The summed E-state index contributed by atoms with van der Waals surface area (Å²) in [6, 6.07) is 10.2. The number of hydrogen-bond donors (Lipinski definition) is 1. The van der Waals surface area contributed by atoms with E-state index in [1.165, 1.54) is 5.56 Å². The van der Waals surface area contributed by atoms with E-state index in [9.17, 15) is 5.11 Å². The summed E-state index contributed by atoms with van der Waals surface area (Å²) in [5.74, 6) is 0. The lowest BCUT2D eigenvalue weighted by molar-refractivity contribution is 0.0317. The summed E-state index contributed by atoms with van der Waals surface area (Å²) in [7, 11) is 0. The van der Waals surface area contributed by atoms with Crippen molar-refractivity contribution in [2.75, 3.05) is 13.2 Å². The van der Waals surface area contributed by atoms with E-state index >= 15 is 0 Å². The second-order valence-corrected chi connectivity index (χ2v) is 4.11. The molecule has 1 atom stereocenters. The number of rotatable bonds is 8. The molecular weight excluding hydrogens is 200 g/mol. The third kappa shape index (κ3) is 5.89. The van der Waals surface area contributed by atoms with Crippen molar-refractivity contribution in [3.8, 4) is 0 Å². The molecule has 2 nitrogen and oxygen atoms in total. The first-order valence-electron chi connectivity index (χ1n) is 6.12. The van der Waals surface area contributed by atoms with E-state index in [0.717, 1.165) is 32.3 Å². The Morgan fingerprint density at radius 1 is 1.25 bits per heavy atom. The molecular formula is C14H22O2. The molecule has 0 amide bonds. The monoisotopic (exact) mass is 222 g/mol. The zero-order valence-electron chi connectivity index (χ0n) is 10.1. The molecule has 1 unspecified atom stereocenters. The molecule has 2 heteroatoms. The van der Waals surface area contributed by atoms with Crippen molar-refractivity contribution in [2.45, 2.75) is 38.7 Å². The van der Waals surface area contributed by atoms with Crippen LogP contribution in [0.3, 0.4) is 0 Å². The van der Waals surface area contributed by atoms with Crippen molar-refractivity contribution >= 4 is 0 Å². The molecule has 0 spiro atoms. The molecule has 0 saturated carbocycles. The summed E-state index contributed by atoms with van der Waals surface area (Å²) < 4.78 is 5.37. The summed E-state index contributed by atoms with van der Waals surface area (Å²) in [6.07, 6.45) is 3.57. The molecule has 0 aliphatic rings. The van der Waals surface area contributed by atoms with Gasteiger partial charge in [0.05, 0.1) is 12.7 Å². The maximum absolute atomic E-state index is 9.68. The van der Waals surface area contributed by atoms with Crippen LogP contribution in [0.25, 0.3) is 0 Å². The molecule has 0 radical (unpaired) electrons. The lowest BCUT2D eigenvalue weighted by Crippen LogP contribution is -2.16. The molecule has 0 bridgehead atoms. The Morgan fingerprint density at radius 2 is 2.00 bits per heavy atom. The van der Waals surface area contributed by atoms with Crippen LogP contribution < -0.4 is 0 Å². The highest BCUT2D eigenvalue weighted by molar-refractivity contribution is 5.14. The van der Waals surface area contributed by atoms with Crippen molar-refractivity contribution in [3.63, 3.8) is 0 Å². The van der Waals surface area contributed by atoms with Crippen molar-refractivity contribution in [1.82, 2.24) is 0 Å². The predicted octanol–water partition coefficient (Wildman–Crippen LogP) is 2.80. The van der Waals surface area contributed by atoms with Crippen LogP contribution in [0.4, 0.5) is 0 Å². The predicted molar refractivity (Wildman–Crippen MR) is 66.5 cm³/mol. The van der Waals surface area contributed by atoms with Gasteiger partial charge in [-0.2, -0.15) is 0 Å². The fraction of sp³-hybridized carbons (Fsp3) is 0.571. The molecule has 0 aliphatic heterocycles. The number of aliphatic hydroxyl groups is 1. The van der Waals surface area contributed by atoms with Crippen LogP contribution in [0, 0.1) is 0 Å². The Morgan fingerprint density at radius 3 is 2.69 bits per heavy atom. The van der Waals surface area contributed by atoms with Crippen molar-refractivity contribution in [3.05, 3.63) is 35.9 Å². The van der Waals surface area contributed by atoms with Gasteiger partial charge in [0.15, 0.2) is 0 Å². The summed E-state index contributed by atoms with van der Waals surface area (Å²) in [5.41, 5.74) is 1.27. The first-order valence-corrected chi connectivity index (χ1v) is 6.12. The Hall–Kier alpha value is -0.860. The van der Waals surface area contributed by atoms with E-state index in [1.54, 1.807) is 0 Å². The van der Waals surface area contributed by atoms with Crippen molar-refractivity contribution in [1.29, 1.82) is 0 Å². The summed E-state index contributed by atoms with van der Waals surface area (Å²) in [5, 5.41) is 9.68. The Balaban J connectivity index is 2.08. The quantitative estimate of drug-likeness (QED) is 0.685. The van der Waals surface area contributed by atoms with Crippen LogP contribution in [-0.2, 0) is 11.2 Å². The zero-order chi connectivity index (χ0) is 11.6. The molecule has 0 fully saturated rings. The van der Waals surface area contributed by atoms with E-state index in [2.05, 4.69) is 19.1 Å². The van der Waals surface area contributed by atoms with Gasteiger partial charge in [-0.3, -0.25) is 0 Å². The summed E-state index contributed by atoms with van der Waals surface area (Å²) >= 11 is 0. The molecule has 0 saturated heterocycles. The number of aryl methyl sites for hydroxylation is 1. The maximum atomic E-state index is 9.68. The average Bonchev–Trinajstić information content (AvgIpc) is 2.33. The van der Waals surface area contributed by atoms with Crippen LogP contribution in [0.15, 0.2) is 30.3 Å². The average molecular weight is 222 g/mol. The third-order valence-corrected chi connectivity index (χ3v) is 2.56. The van der Waals surface area contributed by atoms with Crippen LogP contribution in [0.5, 0.6) is 0 Å². The first kappa shape index (κ1) is 13.2. The van der Waals surface area contributed by atoms with Gasteiger partial charge in [0.1, 0.15) is 0 Å². The second kappa shape index (κ2) is 8.31. The number of benzene rings is 1. The van der Waals surface area contributed by atoms with Crippen LogP contribution >= 0.6 is 0 Å². The van der Waals surface area contributed by atoms with E-state index in [0.29, 0.717) is 6.61 Å². The molecule has 1 rings (SSSR count). The molecule has 0 heterocycles. The lowest BCUT2D eigenvalue weighted by Gasteiger charge is -2.10. The maximum Gasteiger partial charge on any atom is 0.0776 e. The van der Waals surface area contributed by atoms with Gasteiger partial charge in [0.25, 0.3) is 0 Å². The molecule has 0 aliphatic carbocycles. The van der Waals surface area contributed by atoms with E-state index < -0.39 is 0 Å². The van der Waals surface area contributed by atoms with Gasteiger partial charge in [0.2, 0.25) is 0 Å². The largest absolute Gasteiger partial charge is 0.391 e. The van der Waals surface area contributed by atoms with Crippen LogP contribution in [0.2, 0.25) is 0 Å². The lowest BCUT2D eigenvalue weighted by atomic mass is 10.1. The van der Waals surface area contributed by atoms with Crippen LogP contribution in [0.1, 0.15) is 31.7 Å².